The van der Waals surface area contributed by atoms with Crippen LogP contribution in [0.15, 0.2) is 82.0 Å². The fourth-order valence-electron chi connectivity index (χ4n) is 3.51. The number of hydrogen-bond donors (Lipinski definition) is 2. The third kappa shape index (κ3) is 5.47. The fourth-order valence-corrected chi connectivity index (χ4v) is 3.51. The SMILES string of the molecule is Cc1c(-c2ccccc2)oc2c(C(=O)OCC(=O)NCC(=O)Nc3ccc(F)cc3)cccc2c1=O. The van der Waals surface area contributed by atoms with Gasteiger partial charge in [-0.3, -0.25) is 14.4 Å². The van der Waals surface area contributed by atoms with Crippen LogP contribution in [0.1, 0.15) is 15.9 Å². The van der Waals surface area contributed by atoms with Gasteiger partial charge in [0.15, 0.2) is 17.6 Å². The predicted octanol–water partition coefficient (Wildman–Crippen LogP) is 3.82. The van der Waals surface area contributed by atoms with E-state index < -0.39 is 30.2 Å². The highest BCUT2D eigenvalue weighted by molar-refractivity contribution is 6.03. The predicted molar refractivity (Wildman–Crippen MR) is 131 cm³/mol. The Balaban J connectivity index is 1.43. The largest absolute Gasteiger partial charge is 0.455 e. The summed E-state index contributed by atoms with van der Waals surface area (Å²) in [7, 11) is 0. The number of nitrogens with one attached hydrogen (secondary N) is 2. The molecule has 0 aliphatic heterocycles. The summed E-state index contributed by atoms with van der Waals surface area (Å²) in [6.45, 7) is 0.618. The lowest BCUT2D eigenvalue weighted by Crippen LogP contribution is -2.35. The monoisotopic (exact) mass is 488 g/mol. The summed E-state index contributed by atoms with van der Waals surface area (Å²) >= 11 is 0. The number of rotatable bonds is 7. The van der Waals surface area contributed by atoms with Crippen LogP contribution in [0.3, 0.4) is 0 Å². The first-order valence-electron chi connectivity index (χ1n) is 10.9. The van der Waals surface area contributed by atoms with Crippen LogP contribution < -0.4 is 16.1 Å². The van der Waals surface area contributed by atoms with E-state index in [4.69, 9.17) is 9.15 Å². The van der Waals surface area contributed by atoms with Crippen molar-refractivity contribution in [1.82, 2.24) is 5.32 Å². The zero-order valence-electron chi connectivity index (χ0n) is 19.2. The number of anilines is 1. The Morgan fingerprint density at radius 2 is 1.64 bits per heavy atom. The fraction of sp³-hybridized carbons (Fsp3) is 0.111. The van der Waals surface area contributed by atoms with E-state index in [1.54, 1.807) is 37.3 Å². The second-order valence-corrected chi connectivity index (χ2v) is 7.84. The smallest absolute Gasteiger partial charge is 0.342 e. The number of benzene rings is 3. The molecule has 0 saturated heterocycles. The Morgan fingerprint density at radius 3 is 2.36 bits per heavy atom. The number of ether oxygens (including phenoxy) is 1. The van der Waals surface area contributed by atoms with Gasteiger partial charge in [-0.05, 0) is 43.3 Å². The molecule has 9 heteroatoms. The van der Waals surface area contributed by atoms with Crippen LogP contribution in [0.5, 0.6) is 0 Å². The van der Waals surface area contributed by atoms with Crippen molar-refractivity contribution < 1.29 is 27.9 Å². The molecule has 0 radical (unpaired) electrons. The van der Waals surface area contributed by atoms with Crippen LogP contribution in [0, 0.1) is 12.7 Å². The van der Waals surface area contributed by atoms with Gasteiger partial charge < -0.3 is 19.8 Å². The van der Waals surface area contributed by atoms with E-state index >= 15 is 0 Å². The van der Waals surface area contributed by atoms with Crippen molar-refractivity contribution in [2.45, 2.75) is 6.92 Å². The third-order valence-electron chi connectivity index (χ3n) is 5.31. The lowest BCUT2D eigenvalue weighted by Gasteiger charge is -2.11. The average Bonchev–Trinajstić information content (AvgIpc) is 2.89. The number of para-hydroxylation sites is 1. The number of hydrogen-bond acceptors (Lipinski definition) is 6. The van der Waals surface area contributed by atoms with Gasteiger partial charge in [0.25, 0.3) is 5.91 Å². The molecule has 2 N–H and O–H groups in total. The highest BCUT2D eigenvalue weighted by Gasteiger charge is 2.20. The third-order valence-corrected chi connectivity index (χ3v) is 5.31. The molecule has 0 spiro atoms. The van der Waals surface area contributed by atoms with Crippen molar-refractivity contribution in [2.24, 2.45) is 0 Å². The van der Waals surface area contributed by atoms with E-state index in [0.717, 1.165) is 0 Å². The number of esters is 1. The van der Waals surface area contributed by atoms with Crippen molar-refractivity contribution in [3.05, 3.63) is 100.0 Å². The van der Waals surface area contributed by atoms with Crippen molar-refractivity contribution in [2.75, 3.05) is 18.5 Å². The number of amides is 2. The van der Waals surface area contributed by atoms with E-state index in [9.17, 15) is 23.6 Å². The second kappa shape index (κ2) is 10.6. The first-order chi connectivity index (χ1) is 17.3. The van der Waals surface area contributed by atoms with Crippen LogP contribution in [0.25, 0.3) is 22.3 Å². The van der Waals surface area contributed by atoms with E-state index in [1.807, 2.05) is 6.07 Å². The molecule has 1 aromatic heterocycles. The van der Waals surface area contributed by atoms with Crippen LogP contribution in [-0.4, -0.2) is 30.9 Å². The van der Waals surface area contributed by atoms with Crippen molar-refractivity contribution >= 4 is 34.4 Å². The van der Waals surface area contributed by atoms with Crippen molar-refractivity contribution in [3.63, 3.8) is 0 Å². The molecule has 3 aromatic carbocycles. The zero-order chi connectivity index (χ0) is 25.7. The Labute approximate surface area is 204 Å². The molecule has 36 heavy (non-hydrogen) atoms. The lowest BCUT2D eigenvalue weighted by atomic mass is 10.0. The molecular formula is C27H21FN2O6. The van der Waals surface area contributed by atoms with E-state index in [1.165, 1.54) is 36.4 Å². The summed E-state index contributed by atoms with van der Waals surface area (Å²) in [5.74, 6) is -2.23. The highest BCUT2D eigenvalue weighted by atomic mass is 19.1. The van der Waals surface area contributed by atoms with Crippen LogP contribution >= 0.6 is 0 Å². The Kier molecular flexibility index (Phi) is 7.20. The summed E-state index contributed by atoms with van der Waals surface area (Å²) in [4.78, 5) is 49.7. The van der Waals surface area contributed by atoms with Gasteiger partial charge in [-0.1, -0.05) is 36.4 Å². The van der Waals surface area contributed by atoms with Gasteiger partial charge in [0.05, 0.1) is 11.9 Å². The van der Waals surface area contributed by atoms with E-state index in [-0.39, 0.29) is 28.5 Å². The number of carbonyl (C=O) groups excluding carboxylic acids is 3. The zero-order valence-corrected chi connectivity index (χ0v) is 19.2. The molecule has 2 amide bonds. The summed E-state index contributed by atoms with van der Waals surface area (Å²) in [5.41, 5.74) is 1.20. The van der Waals surface area contributed by atoms with Gasteiger partial charge in [0.2, 0.25) is 5.91 Å². The molecule has 0 aliphatic carbocycles. The minimum atomic E-state index is -0.863. The van der Waals surface area contributed by atoms with Crippen LogP contribution in [0.2, 0.25) is 0 Å². The maximum atomic E-state index is 12.9. The second-order valence-electron chi connectivity index (χ2n) is 7.84. The molecule has 182 valence electrons. The normalized spacial score (nSPS) is 10.6. The molecule has 0 saturated carbocycles. The maximum absolute atomic E-state index is 12.9. The molecular weight excluding hydrogens is 467 g/mol. The van der Waals surface area contributed by atoms with Gasteiger partial charge in [-0.2, -0.15) is 0 Å². The van der Waals surface area contributed by atoms with Gasteiger partial charge in [0, 0.05) is 16.8 Å². The minimum absolute atomic E-state index is 0.0105. The molecule has 0 unspecified atom stereocenters. The molecule has 0 bridgehead atoms. The number of halogens is 1. The molecule has 0 fully saturated rings. The first-order valence-corrected chi connectivity index (χ1v) is 10.9. The Morgan fingerprint density at radius 1 is 0.917 bits per heavy atom. The molecule has 0 atom stereocenters. The average molecular weight is 488 g/mol. The number of fused-ring (bicyclic) bond motifs is 1. The topological polar surface area (TPSA) is 115 Å². The molecule has 4 rings (SSSR count). The molecule has 4 aromatic rings. The summed E-state index contributed by atoms with van der Waals surface area (Å²) in [6, 6.07) is 18.7. The molecule has 1 heterocycles. The summed E-state index contributed by atoms with van der Waals surface area (Å²) < 4.78 is 24.0. The Bertz CT molecular complexity index is 1500. The van der Waals surface area contributed by atoms with Crippen LogP contribution in [-0.2, 0) is 14.3 Å². The van der Waals surface area contributed by atoms with Gasteiger partial charge in [-0.15, -0.1) is 0 Å². The quantitative estimate of drug-likeness (QED) is 0.382. The van der Waals surface area contributed by atoms with Crippen LogP contribution in [0.4, 0.5) is 10.1 Å². The van der Waals surface area contributed by atoms with E-state index in [0.29, 0.717) is 22.6 Å². The molecule has 0 aliphatic rings. The summed E-state index contributed by atoms with van der Waals surface area (Å²) in [6.07, 6.45) is 0. The highest BCUT2D eigenvalue weighted by Crippen LogP contribution is 2.27. The van der Waals surface area contributed by atoms with Gasteiger partial charge in [0.1, 0.15) is 17.1 Å². The Hall–Kier alpha value is -4.79. The minimum Gasteiger partial charge on any atom is -0.455 e. The lowest BCUT2D eigenvalue weighted by molar-refractivity contribution is -0.126. The summed E-state index contributed by atoms with van der Waals surface area (Å²) in [5, 5.41) is 5.03. The van der Waals surface area contributed by atoms with Crippen molar-refractivity contribution in [3.8, 4) is 11.3 Å². The molecule has 8 nitrogen and oxygen atoms in total. The maximum Gasteiger partial charge on any atom is 0.342 e. The first kappa shape index (κ1) is 24.3. The number of carbonyl (C=O) groups is 3. The van der Waals surface area contributed by atoms with Crippen molar-refractivity contribution in [1.29, 1.82) is 0 Å². The van der Waals surface area contributed by atoms with E-state index in [2.05, 4.69) is 10.6 Å². The van der Waals surface area contributed by atoms with Gasteiger partial charge in [-0.25, -0.2) is 9.18 Å². The standard InChI is InChI=1S/C27H21FN2O6/c1-16-24(33)20-8-5-9-21(26(20)36-25(16)17-6-3-2-4-7-17)27(34)35-15-23(32)29-14-22(31)30-19-12-10-18(28)11-13-19/h2-13H,14-15H2,1H3,(H,29,32)(H,30,31). The van der Waals surface area contributed by atoms with Gasteiger partial charge >= 0.3 is 5.97 Å².